The smallest absolute Gasteiger partial charge is 0.319 e. The fourth-order valence-corrected chi connectivity index (χ4v) is 4.18. The molecule has 1 heterocycles. The summed E-state index contributed by atoms with van der Waals surface area (Å²) in [7, 11) is 1.25. The minimum Gasteiger partial charge on any atom is -0.468 e. The lowest BCUT2D eigenvalue weighted by Crippen LogP contribution is -2.44. The first kappa shape index (κ1) is 19.7. The number of aryl methyl sites for hydroxylation is 1. The Labute approximate surface area is 168 Å². The first-order chi connectivity index (χ1) is 13.5. The molecular weight excluding hydrogens is 372 g/mol. The van der Waals surface area contributed by atoms with Gasteiger partial charge >= 0.3 is 5.97 Å². The SMILES string of the molecule is COC(=O)[C@@H]1C(=O)NC(SCc2ccc(C)cc2)=C(C#N)[C@H]1c1ccccc1. The van der Waals surface area contributed by atoms with Crippen molar-refractivity contribution in [3.63, 3.8) is 0 Å². The normalized spacial score (nSPS) is 19.0. The molecule has 2 aromatic carbocycles. The molecule has 1 aliphatic rings. The summed E-state index contributed by atoms with van der Waals surface area (Å²) in [5, 5.41) is 13.1. The topological polar surface area (TPSA) is 79.2 Å². The van der Waals surface area contributed by atoms with Crippen molar-refractivity contribution in [1.29, 1.82) is 5.26 Å². The molecule has 0 saturated carbocycles. The largest absolute Gasteiger partial charge is 0.468 e. The van der Waals surface area contributed by atoms with Crippen molar-refractivity contribution in [2.24, 2.45) is 5.92 Å². The minimum absolute atomic E-state index is 0.373. The van der Waals surface area contributed by atoms with Gasteiger partial charge in [0.1, 0.15) is 5.92 Å². The van der Waals surface area contributed by atoms with Crippen LogP contribution in [0.1, 0.15) is 22.6 Å². The van der Waals surface area contributed by atoms with E-state index in [4.69, 9.17) is 4.74 Å². The second-order valence-electron chi connectivity index (χ2n) is 6.51. The molecule has 28 heavy (non-hydrogen) atoms. The maximum atomic E-state index is 12.7. The molecule has 1 amide bonds. The number of nitrogens with one attached hydrogen (secondary N) is 1. The number of methoxy groups -OCH3 is 1. The van der Waals surface area contributed by atoms with Crippen LogP contribution in [0.3, 0.4) is 0 Å². The number of carbonyl (C=O) groups excluding carboxylic acids is 2. The summed E-state index contributed by atoms with van der Waals surface area (Å²) in [5.41, 5.74) is 3.36. The molecule has 1 N–H and O–H groups in total. The zero-order valence-corrected chi connectivity index (χ0v) is 16.5. The lowest BCUT2D eigenvalue weighted by molar-refractivity contribution is -0.150. The fourth-order valence-electron chi connectivity index (χ4n) is 3.18. The van der Waals surface area contributed by atoms with Crippen LogP contribution < -0.4 is 5.32 Å². The quantitative estimate of drug-likeness (QED) is 0.620. The summed E-state index contributed by atoms with van der Waals surface area (Å²) in [6, 6.07) is 19.4. The van der Waals surface area contributed by atoms with Gasteiger partial charge in [0.2, 0.25) is 5.91 Å². The van der Waals surface area contributed by atoms with Crippen LogP contribution in [0, 0.1) is 24.2 Å². The highest BCUT2D eigenvalue weighted by atomic mass is 32.2. The number of carbonyl (C=O) groups is 2. The number of nitriles is 1. The van der Waals surface area contributed by atoms with E-state index in [1.807, 2.05) is 61.5 Å². The average molecular weight is 392 g/mol. The lowest BCUT2D eigenvalue weighted by atomic mass is 9.78. The molecule has 6 heteroatoms. The van der Waals surface area contributed by atoms with E-state index in [1.54, 1.807) is 0 Å². The van der Waals surface area contributed by atoms with Gasteiger partial charge in [-0.3, -0.25) is 9.59 Å². The van der Waals surface area contributed by atoms with Crippen LogP contribution in [-0.4, -0.2) is 19.0 Å². The van der Waals surface area contributed by atoms with Crippen molar-refractivity contribution in [1.82, 2.24) is 5.32 Å². The Balaban J connectivity index is 1.98. The molecule has 0 saturated heterocycles. The van der Waals surface area contributed by atoms with Crippen LogP contribution in [0.5, 0.6) is 0 Å². The number of esters is 1. The Morgan fingerprint density at radius 2 is 1.86 bits per heavy atom. The summed E-state index contributed by atoms with van der Waals surface area (Å²) in [5.74, 6) is -2.27. The number of nitrogens with zero attached hydrogens (tertiary/aromatic N) is 1. The predicted molar refractivity (Wildman–Crippen MR) is 108 cm³/mol. The summed E-state index contributed by atoms with van der Waals surface area (Å²) >= 11 is 1.39. The molecule has 5 nitrogen and oxygen atoms in total. The molecule has 0 bridgehead atoms. The Morgan fingerprint density at radius 3 is 2.46 bits per heavy atom. The highest BCUT2D eigenvalue weighted by molar-refractivity contribution is 8.02. The third-order valence-corrected chi connectivity index (χ3v) is 5.73. The second kappa shape index (κ2) is 8.77. The standard InChI is InChI=1S/C22H20N2O3S/c1-14-8-10-15(11-9-14)13-28-21-17(12-23)18(16-6-4-3-5-7-16)19(20(25)24-21)22(26)27-2/h3-11,18-19H,13H2,1-2H3,(H,24,25)/t18-,19+/m1/s1. The van der Waals surface area contributed by atoms with Gasteiger partial charge in [0.25, 0.3) is 0 Å². The van der Waals surface area contributed by atoms with Crippen molar-refractivity contribution >= 4 is 23.6 Å². The molecule has 1 aliphatic heterocycles. The van der Waals surface area contributed by atoms with Crippen molar-refractivity contribution < 1.29 is 14.3 Å². The highest BCUT2D eigenvalue weighted by Crippen LogP contribution is 2.40. The van der Waals surface area contributed by atoms with Gasteiger partial charge in [-0.15, -0.1) is 11.8 Å². The predicted octanol–water partition coefficient (Wildman–Crippen LogP) is 3.67. The number of hydrogen-bond donors (Lipinski definition) is 1. The molecule has 2 aromatic rings. The number of rotatable bonds is 5. The zero-order valence-electron chi connectivity index (χ0n) is 15.6. The second-order valence-corrected chi connectivity index (χ2v) is 7.49. The van der Waals surface area contributed by atoms with E-state index < -0.39 is 23.7 Å². The van der Waals surface area contributed by atoms with E-state index in [0.29, 0.717) is 16.4 Å². The van der Waals surface area contributed by atoms with Gasteiger partial charge in [0.05, 0.1) is 23.8 Å². The Bertz CT molecular complexity index is 946. The van der Waals surface area contributed by atoms with E-state index in [1.165, 1.54) is 24.4 Å². The molecule has 0 aromatic heterocycles. The van der Waals surface area contributed by atoms with Gasteiger partial charge in [0, 0.05) is 11.7 Å². The first-order valence-corrected chi connectivity index (χ1v) is 9.80. The van der Waals surface area contributed by atoms with Crippen LogP contribution in [-0.2, 0) is 20.1 Å². The molecule has 0 radical (unpaired) electrons. The summed E-state index contributed by atoms with van der Waals surface area (Å²) in [4.78, 5) is 25.1. The molecular formula is C22H20N2O3S. The van der Waals surface area contributed by atoms with Gasteiger partial charge < -0.3 is 10.1 Å². The molecule has 0 aliphatic carbocycles. The van der Waals surface area contributed by atoms with Crippen molar-refractivity contribution in [2.75, 3.05) is 7.11 Å². The van der Waals surface area contributed by atoms with Crippen molar-refractivity contribution in [3.05, 3.63) is 81.9 Å². The molecule has 0 fully saturated rings. The average Bonchev–Trinajstić information content (AvgIpc) is 2.72. The molecule has 3 rings (SSSR count). The summed E-state index contributed by atoms with van der Waals surface area (Å²) < 4.78 is 4.84. The molecule has 142 valence electrons. The number of amides is 1. The van der Waals surface area contributed by atoms with E-state index in [0.717, 1.165) is 11.1 Å². The number of allylic oxidation sites excluding steroid dienone is 1. The lowest BCUT2D eigenvalue weighted by Gasteiger charge is -2.31. The van der Waals surface area contributed by atoms with Gasteiger partial charge in [-0.25, -0.2) is 0 Å². The number of benzene rings is 2. The molecule has 0 spiro atoms. The van der Waals surface area contributed by atoms with Gasteiger partial charge in [-0.1, -0.05) is 60.2 Å². The van der Waals surface area contributed by atoms with Crippen LogP contribution in [0.15, 0.2) is 65.2 Å². The van der Waals surface area contributed by atoms with Gasteiger partial charge in [-0.05, 0) is 18.1 Å². The minimum atomic E-state index is -1.09. The fraction of sp³-hybridized carbons (Fsp3) is 0.227. The molecule has 0 unspecified atom stereocenters. The Morgan fingerprint density at radius 1 is 1.18 bits per heavy atom. The zero-order chi connectivity index (χ0) is 20.1. The summed E-state index contributed by atoms with van der Waals surface area (Å²) in [6.07, 6.45) is 0. The maximum absolute atomic E-state index is 12.7. The Hall–Kier alpha value is -3.04. The van der Waals surface area contributed by atoms with E-state index in [9.17, 15) is 14.9 Å². The van der Waals surface area contributed by atoms with Crippen LogP contribution in [0.4, 0.5) is 0 Å². The van der Waals surface area contributed by atoms with Crippen LogP contribution in [0.2, 0.25) is 0 Å². The van der Waals surface area contributed by atoms with Crippen molar-refractivity contribution in [2.45, 2.75) is 18.6 Å². The Kier molecular flexibility index (Phi) is 6.17. The summed E-state index contributed by atoms with van der Waals surface area (Å²) in [6.45, 7) is 2.02. The highest BCUT2D eigenvalue weighted by Gasteiger charge is 2.44. The molecule has 2 atom stereocenters. The number of thioether (sulfide) groups is 1. The van der Waals surface area contributed by atoms with E-state index in [-0.39, 0.29) is 0 Å². The monoisotopic (exact) mass is 392 g/mol. The number of hydrogen-bond acceptors (Lipinski definition) is 5. The van der Waals surface area contributed by atoms with Gasteiger partial charge in [0.15, 0.2) is 0 Å². The maximum Gasteiger partial charge on any atom is 0.319 e. The van der Waals surface area contributed by atoms with E-state index >= 15 is 0 Å². The van der Waals surface area contributed by atoms with Gasteiger partial charge in [-0.2, -0.15) is 5.26 Å². The van der Waals surface area contributed by atoms with Crippen LogP contribution in [0.25, 0.3) is 0 Å². The van der Waals surface area contributed by atoms with E-state index in [2.05, 4.69) is 11.4 Å². The van der Waals surface area contributed by atoms with Crippen molar-refractivity contribution in [3.8, 4) is 6.07 Å². The first-order valence-electron chi connectivity index (χ1n) is 8.81. The third-order valence-electron chi connectivity index (χ3n) is 4.65. The third kappa shape index (κ3) is 4.10. The number of ether oxygens (including phenoxy) is 1. The van der Waals surface area contributed by atoms with Crippen LogP contribution >= 0.6 is 11.8 Å².